The summed E-state index contributed by atoms with van der Waals surface area (Å²) in [5, 5.41) is -2.48. The molecule has 0 spiro atoms. The zero-order valence-corrected chi connectivity index (χ0v) is 17.4. The molecule has 0 aliphatic rings. The summed E-state index contributed by atoms with van der Waals surface area (Å²) in [5.41, 5.74) is 0. The summed E-state index contributed by atoms with van der Waals surface area (Å²) < 4.78 is 162. The van der Waals surface area contributed by atoms with E-state index in [-0.39, 0.29) is 32.2 Å². The highest BCUT2D eigenvalue weighted by atomic mass is 32.2. The Labute approximate surface area is 184 Å². The second-order valence-corrected chi connectivity index (χ2v) is 7.83. The van der Waals surface area contributed by atoms with Crippen molar-refractivity contribution in [2.24, 2.45) is 0 Å². The fraction of sp³-hybridized carbons (Fsp3) is 0.857. The summed E-state index contributed by atoms with van der Waals surface area (Å²) in [6.07, 6.45) is -27.1. The van der Waals surface area contributed by atoms with Gasteiger partial charge in [-0.15, -0.1) is 0 Å². The third-order valence-corrected chi connectivity index (χ3v) is 4.50. The number of amides is 2. The number of alkyl halides is 10. The van der Waals surface area contributed by atoms with Crippen LogP contribution in [-0.4, -0.2) is 74.5 Å². The first-order chi connectivity index (χ1) is 15.2. The summed E-state index contributed by atoms with van der Waals surface area (Å²) >= 11 is 0. The third-order valence-electron chi connectivity index (χ3n) is 3.60. The standard InChI is InChI=1S/C14H18F10N2O7S/c15-8(16)7(12(17,18)19)32-10(27)25-5-3-1-2-4-6-26-11(28)33-9(13(20,21)22)14(23,24)34(29,30)31/h7-9H,1-6H2,(H,25,27)(H,26,28)(H,29,30,31). The Morgan fingerprint density at radius 1 is 0.765 bits per heavy atom. The molecule has 0 heterocycles. The molecule has 0 aromatic heterocycles. The van der Waals surface area contributed by atoms with Crippen molar-refractivity contribution >= 4 is 22.3 Å². The predicted molar refractivity (Wildman–Crippen MR) is 89.6 cm³/mol. The number of ether oxygens (including phenoxy) is 2. The van der Waals surface area contributed by atoms with E-state index in [1.54, 1.807) is 10.6 Å². The average molecular weight is 548 g/mol. The quantitative estimate of drug-likeness (QED) is 0.193. The number of unbranched alkanes of at least 4 members (excludes halogenated alkanes) is 3. The van der Waals surface area contributed by atoms with E-state index >= 15 is 0 Å². The molecule has 0 saturated carbocycles. The maximum Gasteiger partial charge on any atom is 0.432 e. The molecule has 0 aromatic rings. The molecule has 0 fully saturated rings. The maximum atomic E-state index is 13.2. The molecule has 0 aromatic carbocycles. The molecule has 20 heteroatoms. The molecule has 0 radical (unpaired) electrons. The zero-order valence-electron chi connectivity index (χ0n) is 16.6. The zero-order chi connectivity index (χ0) is 27.0. The lowest BCUT2D eigenvalue weighted by molar-refractivity contribution is -0.247. The molecule has 0 rings (SSSR count). The number of carbonyl (C=O) groups is 2. The fourth-order valence-electron chi connectivity index (χ4n) is 2.01. The van der Waals surface area contributed by atoms with E-state index in [0.29, 0.717) is 0 Å². The largest absolute Gasteiger partial charge is 0.432 e. The van der Waals surface area contributed by atoms with Crippen molar-refractivity contribution in [1.82, 2.24) is 10.6 Å². The highest BCUT2D eigenvalue weighted by Gasteiger charge is 2.66. The monoisotopic (exact) mass is 548 g/mol. The van der Waals surface area contributed by atoms with Crippen molar-refractivity contribution < 1.29 is 75.9 Å². The lowest BCUT2D eigenvalue weighted by Crippen LogP contribution is -2.53. The van der Waals surface area contributed by atoms with Crippen molar-refractivity contribution in [3.05, 3.63) is 0 Å². The third kappa shape index (κ3) is 10.8. The Kier molecular flexibility index (Phi) is 11.6. The van der Waals surface area contributed by atoms with Crippen molar-refractivity contribution in [2.75, 3.05) is 13.1 Å². The van der Waals surface area contributed by atoms with E-state index in [1.807, 2.05) is 0 Å². The Morgan fingerprint density at radius 3 is 1.50 bits per heavy atom. The van der Waals surface area contributed by atoms with Gasteiger partial charge in [0.15, 0.2) is 0 Å². The Balaban J connectivity index is 4.29. The number of carbonyl (C=O) groups excluding carboxylic acids is 2. The van der Waals surface area contributed by atoms with Crippen LogP contribution in [0.3, 0.4) is 0 Å². The molecular weight excluding hydrogens is 530 g/mol. The van der Waals surface area contributed by atoms with Gasteiger partial charge in [-0.25, -0.2) is 18.4 Å². The van der Waals surface area contributed by atoms with Gasteiger partial charge in [-0.05, 0) is 12.8 Å². The van der Waals surface area contributed by atoms with Gasteiger partial charge < -0.3 is 20.1 Å². The van der Waals surface area contributed by atoms with Crippen LogP contribution in [0.4, 0.5) is 53.5 Å². The van der Waals surface area contributed by atoms with Crippen LogP contribution in [-0.2, 0) is 19.6 Å². The van der Waals surface area contributed by atoms with E-state index in [0.717, 1.165) is 0 Å². The molecule has 34 heavy (non-hydrogen) atoms. The van der Waals surface area contributed by atoms with Gasteiger partial charge in [-0.3, -0.25) is 4.55 Å². The minimum Gasteiger partial charge on any atom is -0.430 e. The van der Waals surface area contributed by atoms with Gasteiger partial charge >= 0.3 is 39.9 Å². The number of alkyl carbamates (subject to hydrolysis) is 2. The summed E-state index contributed by atoms with van der Waals surface area (Å²) in [6.45, 7) is -0.752. The van der Waals surface area contributed by atoms with Crippen LogP contribution in [0.5, 0.6) is 0 Å². The van der Waals surface area contributed by atoms with Crippen molar-refractivity contribution in [3.8, 4) is 0 Å². The summed E-state index contributed by atoms with van der Waals surface area (Å²) in [5.74, 6) is 0. The van der Waals surface area contributed by atoms with Crippen LogP contribution in [0.25, 0.3) is 0 Å². The van der Waals surface area contributed by atoms with Gasteiger partial charge in [-0.2, -0.15) is 43.5 Å². The first-order valence-corrected chi connectivity index (χ1v) is 10.3. The molecular formula is C14H18F10N2O7S. The lowest BCUT2D eigenvalue weighted by Gasteiger charge is -2.26. The van der Waals surface area contributed by atoms with Crippen LogP contribution in [0.1, 0.15) is 25.7 Å². The second-order valence-electron chi connectivity index (χ2n) is 6.33. The second kappa shape index (κ2) is 12.5. The van der Waals surface area contributed by atoms with Gasteiger partial charge in [0.05, 0.1) is 0 Å². The molecule has 0 aliphatic heterocycles. The highest BCUT2D eigenvalue weighted by Crippen LogP contribution is 2.38. The number of nitrogens with one attached hydrogen (secondary N) is 2. The molecule has 202 valence electrons. The molecule has 0 bridgehead atoms. The lowest BCUT2D eigenvalue weighted by atomic mass is 10.2. The molecule has 0 aliphatic carbocycles. The first-order valence-electron chi connectivity index (χ1n) is 8.86. The van der Waals surface area contributed by atoms with Crippen LogP contribution in [0, 0.1) is 0 Å². The minimum atomic E-state index is -6.58. The molecule has 0 saturated heterocycles. The fourth-order valence-corrected chi connectivity index (χ4v) is 2.46. The smallest absolute Gasteiger partial charge is 0.430 e. The number of halogens is 10. The van der Waals surface area contributed by atoms with Gasteiger partial charge in [0.2, 0.25) is 0 Å². The number of rotatable bonds is 12. The normalized spacial score (nSPS) is 14.9. The maximum absolute atomic E-state index is 13.2. The SMILES string of the molecule is O=C(NCCCCCCNC(=O)OC(C(F)(F)F)C(F)(F)S(=O)(=O)O)OC(C(F)F)C(F)(F)F. The number of hydrogen-bond donors (Lipinski definition) is 3. The van der Waals surface area contributed by atoms with Gasteiger partial charge in [0.25, 0.3) is 18.6 Å². The Morgan fingerprint density at radius 2 is 1.18 bits per heavy atom. The van der Waals surface area contributed by atoms with E-state index in [1.165, 1.54) is 0 Å². The summed E-state index contributed by atoms with van der Waals surface area (Å²) in [7, 11) is -6.58. The number of hydrogen-bond acceptors (Lipinski definition) is 6. The van der Waals surface area contributed by atoms with Crippen LogP contribution in [0.2, 0.25) is 0 Å². The Hall–Kier alpha value is -2.25. The topological polar surface area (TPSA) is 131 Å². The van der Waals surface area contributed by atoms with Gasteiger partial charge in [-0.1, -0.05) is 12.8 Å². The van der Waals surface area contributed by atoms with Gasteiger partial charge in [0.1, 0.15) is 0 Å². The van der Waals surface area contributed by atoms with E-state index in [4.69, 9.17) is 4.55 Å². The summed E-state index contributed by atoms with van der Waals surface area (Å²) in [6, 6.07) is 0. The molecule has 2 unspecified atom stereocenters. The van der Waals surface area contributed by atoms with E-state index < -0.39 is 65.1 Å². The predicted octanol–water partition coefficient (Wildman–Crippen LogP) is 3.61. The van der Waals surface area contributed by atoms with E-state index in [9.17, 15) is 61.9 Å². The average Bonchev–Trinajstić information content (AvgIpc) is 2.63. The van der Waals surface area contributed by atoms with Crippen molar-refractivity contribution in [3.63, 3.8) is 0 Å². The summed E-state index contributed by atoms with van der Waals surface area (Å²) in [4.78, 5) is 22.3. The molecule has 2 amide bonds. The van der Waals surface area contributed by atoms with Gasteiger partial charge in [0, 0.05) is 13.1 Å². The van der Waals surface area contributed by atoms with E-state index in [2.05, 4.69) is 9.47 Å². The van der Waals surface area contributed by atoms with Crippen LogP contribution >= 0.6 is 0 Å². The van der Waals surface area contributed by atoms with Crippen molar-refractivity contribution in [2.45, 2.75) is 61.9 Å². The first kappa shape index (κ1) is 31.8. The van der Waals surface area contributed by atoms with Crippen LogP contribution in [0.15, 0.2) is 0 Å². The molecule has 9 nitrogen and oxygen atoms in total. The molecule has 3 N–H and O–H groups in total. The highest BCUT2D eigenvalue weighted by molar-refractivity contribution is 7.86. The molecule has 2 atom stereocenters. The minimum absolute atomic E-state index is 0.00749. The Bertz CT molecular complexity index is 774. The van der Waals surface area contributed by atoms with Crippen LogP contribution < -0.4 is 10.6 Å². The van der Waals surface area contributed by atoms with Crippen molar-refractivity contribution in [1.29, 1.82) is 0 Å².